The van der Waals surface area contributed by atoms with Crippen molar-refractivity contribution < 1.29 is 27.7 Å². The minimum Gasteiger partial charge on any atom is -0.513 e. The summed E-state index contributed by atoms with van der Waals surface area (Å²) in [5.41, 5.74) is 3.37. The van der Waals surface area contributed by atoms with Gasteiger partial charge in [-0.1, -0.05) is 53.1 Å². The number of aryl methyl sites for hydroxylation is 3. The maximum absolute atomic E-state index is 5.80. The summed E-state index contributed by atoms with van der Waals surface area (Å²) < 4.78 is 34.4. The Kier molecular flexibility index (Phi) is 6.33. The van der Waals surface area contributed by atoms with Crippen LogP contribution in [-0.2, 0) is 13.7 Å². The van der Waals surface area contributed by atoms with E-state index >= 15 is 0 Å². The zero-order valence-electron chi connectivity index (χ0n) is 17.1. The van der Waals surface area contributed by atoms with E-state index in [4.69, 9.17) is 27.7 Å². The van der Waals surface area contributed by atoms with Crippen LogP contribution in [0.3, 0.4) is 0 Å². The van der Waals surface area contributed by atoms with Gasteiger partial charge in [0, 0.05) is 0 Å². The molecule has 3 aromatic rings. The predicted molar refractivity (Wildman–Crippen MR) is 116 cm³/mol. The molecule has 0 N–H and O–H groups in total. The molecule has 4 rings (SSSR count). The Hall–Kier alpha value is -2.87. The molecule has 1 fully saturated rings. The molecule has 1 heterocycles. The van der Waals surface area contributed by atoms with E-state index in [0.29, 0.717) is 17.2 Å². The van der Waals surface area contributed by atoms with E-state index in [2.05, 4.69) is 0 Å². The lowest BCUT2D eigenvalue weighted by Crippen LogP contribution is -2.56. The van der Waals surface area contributed by atoms with E-state index in [-0.39, 0.29) is 0 Å². The van der Waals surface area contributed by atoms with E-state index in [9.17, 15) is 0 Å². The van der Waals surface area contributed by atoms with Crippen molar-refractivity contribution in [2.45, 2.75) is 20.8 Å². The van der Waals surface area contributed by atoms with Gasteiger partial charge in [0.25, 0.3) is 0 Å². The summed E-state index contributed by atoms with van der Waals surface area (Å²) in [4.78, 5) is 0. The lowest BCUT2D eigenvalue weighted by Gasteiger charge is -2.28. The maximum Gasteiger partial charge on any atom is 0.690 e. The Labute approximate surface area is 177 Å². The molecule has 0 aromatic heterocycles. The second-order valence-corrected chi connectivity index (χ2v) is 7.07. The lowest BCUT2D eigenvalue weighted by atomic mass is 9.96. The van der Waals surface area contributed by atoms with Crippen LogP contribution in [0, 0.1) is 20.8 Å². The van der Waals surface area contributed by atoms with Crippen LogP contribution in [0.15, 0.2) is 72.8 Å². The summed E-state index contributed by atoms with van der Waals surface area (Å²) in [6, 6.07) is 22.7. The zero-order chi connectivity index (χ0) is 20.9. The second-order valence-electron chi connectivity index (χ2n) is 7.07. The van der Waals surface area contributed by atoms with Crippen LogP contribution in [0.25, 0.3) is 0 Å². The van der Waals surface area contributed by atoms with E-state index < -0.39 is 22.0 Å². The first kappa shape index (κ1) is 20.4. The molecule has 30 heavy (non-hydrogen) atoms. The molecule has 9 heteroatoms. The Morgan fingerprint density at radius 2 is 0.667 bits per heavy atom. The van der Waals surface area contributed by atoms with Gasteiger partial charge in [0.15, 0.2) is 0 Å². The average molecular weight is 402 g/mol. The molecule has 0 radical (unpaired) electrons. The summed E-state index contributed by atoms with van der Waals surface area (Å²) in [6.45, 7) is 6.01. The number of hydrogen-bond acceptors (Lipinski definition) is 6. The number of benzene rings is 3. The van der Waals surface area contributed by atoms with Gasteiger partial charge in [0.1, 0.15) is 17.2 Å². The molecule has 3 aromatic carbocycles. The molecule has 0 amide bonds. The quantitative estimate of drug-likeness (QED) is 0.578. The molecular weight excluding hydrogens is 381 g/mol. The van der Waals surface area contributed by atoms with Crippen LogP contribution >= 0.6 is 0 Å². The van der Waals surface area contributed by atoms with Gasteiger partial charge in [-0.2, -0.15) is 0 Å². The average Bonchev–Trinajstić information content (AvgIpc) is 2.73. The molecule has 6 nitrogen and oxygen atoms in total. The predicted octanol–water partition coefficient (Wildman–Crippen LogP) is 4.17. The Balaban J connectivity index is 1.47. The third-order valence-corrected chi connectivity index (χ3v) is 4.43. The molecule has 0 aliphatic carbocycles. The number of hydrogen-bond donors (Lipinski definition) is 0. The zero-order valence-corrected chi connectivity index (χ0v) is 17.1. The van der Waals surface area contributed by atoms with Crippen molar-refractivity contribution >= 4 is 22.0 Å². The first-order chi connectivity index (χ1) is 14.5. The van der Waals surface area contributed by atoms with E-state index in [1.807, 2.05) is 93.6 Å². The normalized spacial score (nSPS) is 13.9. The van der Waals surface area contributed by atoms with Gasteiger partial charge < -0.3 is 27.7 Å². The van der Waals surface area contributed by atoms with E-state index in [1.54, 1.807) is 0 Å². The summed E-state index contributed by atoms with van der Waals surface area (Å²) in [5.74, 6) is 1.78. The molecule has 1 aliphatic rings. The summed E-state index contributed by atoms with van der Waals surface area (Å²) in [5, 5.41) is 0. The van der Waals surface area contributed by atoms with Gasteiger partial charge in [-0.15, -0.1) is 0 Å². The Bertz CT molecular complexity index is 817. The van der Waals surface area contributed by atoms with Gasteiger partial charge in [0.2, 0.25) is 0 Å². The van der Waals surface area contributed by atoms with Gasteiger partial charge in [-0.25, -0.2) is 0 Å². The maximum atomic E-state index is 5.80. The second kappa shape index (κ2) is 9.30. The molecule has 0 bridgehead atoms. The number of rotatable bonds is 6. The Morgan fingerprint density at radius 3 is 0.900 bits per heavy atom. The SMILES string of the molecule is Cc1ccc(OB2OB(Oc3ccc(C)cc3)OB(Oc3ccc(C)cc3)O2)cc1. The van der Waals surface area contributed by atoms with Gasteiger partial charge in [0.05, 0.1) is 0 Å². The van der Waals surface area contributed by atoms with Gasteiger partial charge in [-0.05, 0) is 57.2 Å². The van der Waals surface area contributed by atoms with Crippen LogP contribution in [-0.4, -0.2) is 22.0 Å². The summed E-state index contributed by atoms with van der Waals surface area (Å²) >= 11 is 0. The van der Waals surface area contributed by atoms with Crippen molar-refractivity contribution in [3.8, 4) is 17.2 Å². The van der Waals surface area contributed by atoms with E-state index in [0.717, 1.165) is 16.7 Å². The van der Waals surface area contributed by atoms with Crippen molar-refractivity contribution in [2.75, 3.05) is 0 Å². The third-order valence-electron chi connectivity index (χ3n) is 4.43. The molecule has 0 atom stereocenters. The van der Waals surface area contributed by atoms with Crippen molar-refractivity contribution in [2.24, 2.45) is 0 Å². The smallest absolute Gasteiger partial charge is 0.513 e. The summed E-state index contributed by atoms with van der Waals surface area (Å²) in [7, 11) is -3.23. The van der Waals surface area contributed by atoms with Crippen molar-refractivity contribution in [3.63, 3.8) is 0 Å². The van der Waals surface area contributed by atoms with Crippen molar-refractivity contribution in [3.05, 3.63) is 89.5 Å². The lowest BCUT2D eigenvalue weighted by molar-refractivity contribution is 0.146. The van der Waals surface area contributed by atoms with Crippen molar-refractivity contribution in [1.82, 2.24) is 0 Å². The largest absolute Gasteiger partial charge is 0.690 e. The monoisotopic (exact) mass is 402 g/mol. The summed E-state index contributed by atoms with van der Waals surface area (Å²) in [6.07, 6.45) is 0. The minimum absolute atomic E-state index is 0.593. The third kappa shape index (κ3) is 5.60. The van der Waals surface area contributed by atoms with Gasteiger partial charge in [-0.3, -0.25) is 0 Å². The molecule has 0 spiro atoms. The molecular formula is C21H21B3O6. The van der Waals surface area contributed by atoms with Crippen molar-refractivity contribution in [1.29, 1.82) is 0 Å². The molecule has 0 saturated carbocycles. The molecule has 0 unspecified atom stereocenters. The first-order valence-electron chi connectivity index (χ1n) is 9.70. The van der Waals surface area contributed by atoms with Crippen LogP contribution < -0.4 is 14.0 Å². The fourth-order valence-electron chi connectivity index (χ4n) is 2.72. The highest BCUT2D eigenvalue weighted by atomic mass is 16.9. The standard InChI is InChI=1S/C21H21B3O6/c1-16-4-10-19(11-5-16)25-22-28-23(26-20-12-6-17(2)7-13-20)30-24(29-22)27-21-14-8-18(3)9-15-21/h4-15H,1-3H3. The van der Waals surface area contributed by atoms with Crippen LogP contribution in [0.2, 0.25) is 0 Å². The van der Waals surface area contributed by atoms with Gasteiger partial charge >= 0.3 is 22.0 Å². The minimum atomic E-state index is -1.08. The highest BCUT2D eigenvalue weighted by Gasteiger charge is 2.50. The highest BCUT2D eigenvalue weighted by Crippen LogP contribution is 2.21. The highest BCUT2D eigenvalue weighted by molar-refractivity contribution is 6.67. The molecule has 1 aliphatic heterocycles. The van der Waals surface area contributed by atoms with Crippen LogP contribution in [0.5, 0.6) is 17.2 Å². The molecule has 150 valence electrons. The topological polar surface area (TPSA) is 55.4 Å². The fraction of sp³-hybridized carbons (Fsp3) is 0.143. The first-order valence-corrected chi connectivity index (χ1v) is 9.70. The Morgan fingerprint density at radius 1 is 0.433 bits per heavy atom. The molecule has 1 saturated heterocycles. The fourth-order valence-corrected chi connectivity index (χ4v) is 2.72. The van der Waals surface area contributed by atoms with E-state index in [1.165, 1.54) is 0 Å². The van der Waals surface area contributed by atoms with Crippen LogP contribution in [0.4, 0.5) is 0 Å². The van der Waals surface area contributed by atoms with Crippen LogP contribution in [0.1, 0.15) is 16.7 Å².